The highest BCUT2D eigenvalue weighted by atomic mass is 32.2. The Morgan fingerprint density at radius 2 is 1.95 bits per heavy atom. The quantitative estimate of drug-likeness (QED) is 0.774. The Hall–Kier alpha value is -2.14. The van der Waals surface area contributed by atoms with Crippen molar-refractivity contribution in [2.24, 2.45) is 0 Å². The molecule has 0 radical (unpaired) electrons. The molecule has 1 aliphatic carbocycles. The van der Waals surface area contributed by atoms with Crippen molar-refractivity contribution in [1.29, 1.82) is 0 Å². The largest absolute Gasteiger partial charge is 0.496 e. The van der Waals surface area contributed by atoms with E-state index in [1.165, 1.54) is 19.2 Å². The molecule has 5 nitrogen and oxygen atoms in total. The van der Waals surface area contributed by atoms with Crippen LogP contribution in [0, 0.1) is 0 Å². The van der Waals surface area contributed by atoms with Crippen LogP contribution in [0.25, 0.3) is 0 Å². The number of ether oxygens (including phenoxy) is 2. The van der Waals surface area contributed by atoms with Crippen molar-refractivity contribution in [3.05, 3.63) is 59.9 Å². The molecule has 21 heavy (non-hydrogen) atoms. The van der Waals surface area contributed by atoms with Crippen LogP contribution in [0.1, 0.15) is 0 Å². The second kappa shape index (κ2) is 6.54. The number of hydrogen-bond acceptors (Lipinski definition) is 5. The van der Waals surface area contributed by atoms with E-state index in [9.17, 15) is 13.2 Å². The molecule has 0 saturated heterocycles. The molecule has 0 fully saturated rings. The van der Waals surface area contributed by atoms with Gasteiger partial charge in [-0.3, -0.25) is 0 Å². The van der Waals surface area contributed by atoms with Crippen molar-refractivity contribution in [2.75, 3.05) is 13.0 Å². The lowest BCUT2D eigenvalue weighted by Crippen LogP contribution is -2.22. The van der Waals surface area contributed by atoms with E-state index in [1.54, 1.807) is 42.4 Å². The number of sulfone groups is 1. The van der Waals surface area contributed by atoms with Crippen molar-refractivity contribution in [2.45, 2.75) is 11.0 Å². The lowest BCUT2D eigenvalue weighted by atomic mass is 10.0. The van der Waals surface area contributed by atoms with E-state index in [4.69, 9.17) is 9.47 Å². The van der Waals surface area contributed by atoms with Gasteiger partial charge < -0.3 is 9.47 Å². The summed E-state index contributed by atoms with van der Waals surface area (Å²) in [6.45, 7) is 0. The second-order valence-electron chi connectivity index (χ2n) is 4.27. The van der Waals surface area contributed by atoms with Crippen LogP contribution in [0.2, 0.25) is 0 Å². The molecular formula is C15H14O5S. The van der Waals surface area contributed by atoms with Crippen LogP contribution < -0.4 is 0 Å². The van der Waals surface area contributed by atoms with Gasteiger partial charge in [0.05, 0.1) is 12.0 Å². The van der Waals surface area contributed by atoms with Crippen LogP contribution >= 0.6 is 0 Å². The molecule has 0 bridgehead atoms. The third-order valence-corrected chi connectivity index (χ3v) is 4.36. The Morgan fingerprint density at radius 3 is 2.57 bits per heavy atom. The van der Waals surface area contributed by atoms with Gasteiger partial charge in [-0.05, 0) is 18.2 Å². The van der Waals surface area contributed by atoms with Gasteiger partial charge in [-0.1, -0.05) is 30.4 Å². The summed E-state index contributed by atoms with van der Waals surface area (Å²) in [4.78, 5) is 11.2. The maximum Gasteiger partial charge on any atom is 0.202 e. The van der Waals surface area contributed by atoms with Gasteiger partial charge in [-0.15, -0.1) is 0 Å². The molecule has 0 saturated carbocycles. The number of carbonyl (C=O) groups excluding carboxylic acids is 1. The first-order valence-electron chi connectivity index (χ1n) is 6.16. The molecule has 2 rings (SSSR count). The standard InChI is InChI=1S/C15H14O5S/c1-19-14-8-5-9-15(13(14)10-16)20-11-21(17,18)12-6-3-2-4-7-12/h2-9,15H,11H2,1H3. The maximum atomic E-state index is 12.1. The number of benzene rings is 1. The number of hydrogen-bond donors (Lipinski definition) is 0. The highest BCUT2D eigenvalue weighted by Gasteiger charge is 2.24. The Kier molecular flexibility index (Phi) is 4.75. The monoisotopic (exact) mass is 306 g/mol. The van der Waals surface area contributed by atoms with E-state index in [0.717, 1.165) is 0 Å². The Balaban J connectivity index is 2.12. The number of methoxy groups -OCH3 is 1. The fourth-order valence-corrected chi connectivity index (χ4v) is 2.89. The van der Waals surface area contributed by atoms with Gasteiger partial charge >= 0.3 is 0 Å². The van der Waals surface area contributed by atoms with Crippen LogP contribution in [-0.4, -0.2) is 33.5 Å². The predicted octanol–water partition coefficient (Wildman–Crippen LogP) is 1.66. The van der Waals surface area contributed by atoms with Crippen LogP contribution in [0.3, 0.4) is 0 Å². The maximum absolute atomic E-state index is 12.1. The molecule has 6 heteroatoms. The summed E-state index contributed by atoms with van der Waals surface area (Å²) in [6, 6.07) is 7.98. The summed E-state index contributed by atoms with van der Waals surface area (Å²) < 4.78 is 34.6. The van der Waals surface area contributed by atoms with E-state index >= 15 is 0 Å². The summed E-state index contributed by atoms with van der Waals surface area (Å²) in [6.07, 6.45) is 4.01. The second-order valence-corrected chi connectivity index (χ2v) is 6.21. The first-order chi connectivity index (χ1) is 10.1. The van der Waals surface area contributed by atoms with Gasteiger partial charge in [0.2, 0.25) is 9.84 Å². The van der Waals surface area contributed by atoms with Crippen molar-refractivity contribution in [1.82, 2.24) is 0 Å². The van der Waals surface area contributed by atoms with Crippen molar-refractivity contribution in [3.63, 3.8) is 0 Å². The Bertz CT molecular complexity index is 710. The normalized spacial score (nSPS) is 18.0. The van der Waals surface area contributed by atoms with E-state index in [2.05, 4.69) is 0 Å². The van der Waals surface area contributed by atoms with E-state index in [1.807, 2.05) is 0 Å². The molecule has 110 valence electrons. The molecule has 0 amide bonds. The average molecular weight is 306 g/mol. The van der Waals surface area contributed by atoms with E-state index in [-0.39, 0.29) is 10.5 Å². The van der Waals surface area contributed by atoms with E-state index in [0.29, 0.717) is 5.76 Å². The summed E-state index contributed by atoms with van der Waals surface area (Å²) in [7, 11) is -2.16. The highest BCUT2D eigenvalue weighted by Crippen LogP contribution is 2.22. The fraction of sp³-hybridized carbons (Fsp3) is 0.200. The van der Waals surface area contributed by atoms with Crippen LogP contribution in [0.4, 0.5) is 0 Å². The number of rotatable bonds is 5. The molecule has 1 aromatic carbocycles. The molecule has 0 spiro atoms. The summed E-state index contributed by atoms with van der Waals surface area (Å²) in [5, 5.41) is 0. The summed E-state index contributed by atoms with van der Waals surface area (Å²) in [5.74, 6) is 1.51. The van der Waals surface area contributed by atoms with Crippen LogP contribution in [0.5, 0.6) is 0 Å². The zero-order chi connectivity index (χ0) is 15.3. The third-order valence-electron chi connectivity index (χ3n) is 2.92. The van der Waals surface area contributed by atoms with Crippen LogP contribution in [0.15, 0.2) is 64.8 Å². The molecule has 0 aliphatic heterocycles. The lowest BCUT2D eigenvalue weighted by Gasteiger charge is -2.19. The zero-order valence-corrected chi connectivity index (χ0v) is 12.2. The Morgan fingerprint density at radius 1 is 1.24 bits per heavy atom. The van der Waals surface area contributed by atoms with Gasteiger partial charge in [0.15, 0.2) is 5.94 Å². The molecular weight excluding hydrogens is 292 g/mol. The third kappa shape index (κ3) is 3.49. The molecule has 0 aromatic heterocycles. The lowest BCUT2D eigenvalue weighted by molar-refractivity contribution is 0.140. The SMILES string of the molecule is COC1=CC=CC(OCS(=O)(=O)c2ccccc2)C1=C=O. The fourth-order valence-electron chi connectivity index (χ4n) is 1.85. The Labute approximate surface area is 123 Å². The van der Waals surface area contributed by atoms with Crippen molar-refractivity contribution >= 4 is 15.8 Å². The molecule has 1 unspecified atom stereocenters. The van der Waals surface area contributed by atoms with Gasteiger partial charge in [0.1, 0.15) is 23.4 Å². The molecule has 0 heterocycles. The predicted molar refractivity (Wildman–Crippen MR) is 76.8 cm³/mol. The summed E-state index contributed by atoms with van der Waals surface area (Å²) in [5.41, 5.74) is 0.142. The van der Waals surface area contributed by atoms with Crippen molar-refractivity contribution < 1.29 is 22.7 Å². The minimum absolute atomic E-state index is 0.142. The van der Waals surface area contributed by atoms with Crippen LogP contribution in [-0.2, 0) is 24.1 Å². The minimum Gasteiger partial charge on any atom is -0.496 e. The highest BCUT2D eigenvalue weighted by molar-refractivity contribution is 7.91. The van der Waals surface area contributed by atoms with Gasteiger partial charge in [0.25, 0.3) is 0 Å². The molecule has 1 aliphatic rings. The zero-order valence-electron chi connectivity index (χ0n) is 11.4. The van der Waals surface area contributed by atoms with Gasteiger partial charge in [0, 0.05) is 0 Å². The summed E-state index contributed by atoms with van der Waals surface area (Å²) >= 11 is 0. The van der Waals surface area contributed by atoms with Crippen molar-refractivity contribution in [3.8, 4) is 0 Å². The smallest absolute Gasteiger partial charge is 0.202 e. The molecule has 0 N–H and O–H groups in total. The minimum atomic E-state index is -3.58. The molecule has 1 aromatic rings. The van der Waals surface area contributed by atoms with Gasteiger partial charge in [-0.2, -0.15) is 0 Å². The topological polar surface area (TPSA) is 69.7 Å². The average Bonchev–Trinajstić information content (AvgIpc) is 2.53. The number of allylic oxidation sites excluding steroid dienone is 2. The first-order valence-corrected chi connectivity index (χ1v) is 7.81. The van der Waals surface area contributed by atoms with Gasteiger partial charge in [-0.25, -0.2) is 13.2 Å². The first kappa shape index (κ1) is 15.3. The van der Waals surface area contributed by atoms with E-state index < -0.39 is 21.9 Å². The molecule has 1 atom stereocenters.